The molecule has 3 atom stereocenters. The van der Waals surface area contributed by atoms with Crippen LogP contribution in [0.25, 0.3) is 0 Å². The van der Waals surface area contributed by atoms with Crippen LogP contribution in [0.5, 0.6) is 0 Å². The van der Waals surface area contributed by atoms with Crippen LogP contribution in [-0.4, -0.2) is 75.1 Å². The standard InChI is InChI=1S/C15H20N6O4S2.ClH/c1-4-5-6-16-21-18-17-15(19(21)2)27-8-9-7-26-13-11(25-3)12(22)20(13)10(9)14(23)24;/h5,11,13,18H,4,7-8H2,1-3H3,(H,23,24);1H/t11-,13+;/m1./s1. The van der Waals surface area contributed by atoms with E-state index in [1.54, 1.807) is 5.01 Å². The maximum Gasteiger partial charge on any atom is 0.352 e. The predicted molar refractivity (Wildman–Crippen MR) is 103 cm³/mol. The van der Waals surface area contributed by atoms with Gasteiger partial charge in [0.25, 0.3) is 5.91 Å². The van der Waals surface area contributed by atoms with Gasteiger partial charge in [0.15, 0.2) is 6.10 Å². The molecule has 0 aromatic heterocycles. The van der Waals surface area contributed by atoms with Crippen LogP contribution in [-0.2, 0) is 14.3 Å². The van der Waals surface area contributed by atoms with E-state index in [2.05, 4.69) is 21.6 Å². The number of nitrogens with one attached hydrogen (secondary N) is 2. The van der Waals surface area contributed by atoms with E-state index in [1.165, 1.54) is 35.5 Å². The molecule has 28 heavy (non-hydrogen) atoms. The Balaban J connectivity index is 0.00000280. The highest BCUT2D eigenvalue weighted by atomic mass is 35.5. The van der Waals surface area contributed by atoms with E-state index < -0.39 is 12.1 Å². The third-order valence-electron chi connectivity index (χ3n) is 4.15. The van der Waals surface area contributed by atoms with Crippen molar-refractivity contribution < 1.29 is 37.1 Å². The molecule has 0 radical (unpaired) electrons. The van der Waals surface area contributed by atoms with Gasteiger partial charge in [0.05, 0.1) is 7.05 Å². The zero-order valence-corrected chi connectivity index (χ0v) is 17.9. The number of quaternary nitrogens is 1. The lowest BCUT2D eigenvalue weighted by molar-refractivity contribution is -1.04. The number of halogens is 1. The summed E-state index contributed by atoms with van der Waals surface area (Å²) >= 11 is 2.90. The molecule has 0 aliphatic carbocycles. The van der Waals surface area contributed by atoms with Gasteiger partial charge in [-0.3, -0.25) is 9.69 Å². The fraction of sp³-hybridized carbons (Fsp3) is 0.533. The van der Waals surface area contributed by atoms with Gasteiger partial charge >= 0.3 is 5.97 Å². The topological polar surface area (TPSA) is 111 Å². The van der Waals surface area contributed by atoms with Gasteiger partial charge in [0.1, 0.15) is 11.1 Å². The molecule has 0 aromatic rings. The number of hydrogen-bond acceptors (Lipinski definition) is 9. The van der Waals surface area contributed by atoms with E-state index in [-0.39, 0.29) is 29.4 Å². The first-order valence-corrected chi connectivity index (χ1v) is 10.3. The molecule has 3 N–H and O–H groups in total. The molecule has 3 aliphatic heterocycles. The monoisotopic (exact) mass is 448 g/mol. The Labute approximate surface area is 177 Å². The number of aliphatic carboxylic acids is 1. The predicted octanol–water partition coefficient (Wildman–Crippen LogP) is -3.94. The number of amides is 1. The van der Waals surface area contributed by atoms with E-state index >= 15 is 0 Å². The molecule has 3 heterocycles. The van der Waals surface area contributed by atoms with Crippen LogP contribution < -0.4 is 23.2 Å². The summed E-state index contributed by atoms with van der Waals surface area (Å²) in [5.41, 5.74) is 3.58. The van der Waals surface area contributed by atoms with E-state index in [4.69, 9.17) is 4.74 Å². The number of rotatable bonds is 6. The molecule has 0 bridgehead atoms. The van der Waals surface area contributed by atoms with Gasteiger partial charge in [0, 0.05) is 34.8 Å². The summed E-state index contributed by atoms with van der Waals surface area (Å²) in [6.45, 7) is 2.00. The molecule has 1 saturated heterocycles. The number of amidine groups is 1. The molecular weight excluding hydrogens is 428 g/mol. The van der Waals surface area contributed by atoms with Crippen molar-refractivity contribution in [1.29, 1.82) is 0 Å². The van der Waals surface area contributed by atoms with Crippen LogP contribution >= 0.6 is 23.5 Å². The first-order chi connectivity index (χ1) is 13.0. The van der Waals surface area contributed by atoms with Crippen LogP contribution in [0.1, 0.15) is 13.3 Å². The molecule has 3 rings (SSSR count). The highest BCUT2D eigenvalue weighted by Crippen LogP contribution is 2.42. The number of carboxylic acid groups (broad SMARTS) is 1. The number of ether oxygens (including phenoxy) is 1. The number of β-lactam (4-membered cyclic amide) rings is 1. The molecule has 0 spiro atoms. The summed E-state index contributed by atoms with van der Waals surface area (Å²) in [5, 5.41) is 20.7. The van der Waals surface area contributed by atoms with Gasteiger partial charge in [0.2, 0.25) is 5.17 Å². The third kappa shape index (κ3) is 4.17. The second-order valence-electron chi connectivity index (χ2n) is 5.85. The molecule has 0 aromatic carbocycles. The van der Waals surface area contributed by atoms with Gasteiger partial charge < -0.3 is 22.3 Å². The number of methoxy groups -OCH3 is 1. The minimum atomic E-state index is -1.10. The number of carbonyl (C=O) groups is 2. The van der Waals surface area contributed by atoms with Crippen LogP contribution in [0.4, 0.5) is 0 Å². The van der Waals surface area contributed by atoms with Gasteiger partial charge in [-0.15, -0.1) is 16.8 Å². The van der Waals surface area contributed by atoms with Crippen LogP contribution in [0, 0.1) is 0 Å². The summed E-state index contributed by atoms with van der Waals surface area (Å²) in [5.74, 6) is 2.36. The van der Waals surface area contributed by atoms with Crippen molar-refractivity contribution in [2.24, 2.45) is 10.2 Å². The van der Waals surface area contributed by atoms with Crippen molar-refractivity contribution in [3.05, 3.63) is 17.3 Å². The minimum absolute atomic E-state index is 0. The lowest BCUT2D eigenvalue weighted by atomic mass is 10.1. The maximum atomic E-state index is 12.2. The quantitative estimate of drug-likeness (QED) is 0.279. The number of thioether (sulfide) groups is 2. The third-order valence-corrected chi connectivity index (χ3v) is 6.58. The Bertz CT molecular complexity index is 770. The van der Waals surface area contributed by atoms with Crippen molar-refractivity contribution in [3.8, 4) is 0 Å². The number of allylic oxidation sites excluding steroid dienone is 1. The second-order valence-corrected chi connectivity index (χ2v) is 7.90. The number of nitrogens with zero attached hydrogens (tertiary/aromatic N) is 4. The average molecular weight is 449 g/mol. The summed E-state index contributed by atoms with van der Waals surface area (Å²) in [6.07, 6.45) is 2.08. The molecule has 1 fully saturated rings. The highest BCUT2D eigenvalue weighted by molar-refractivity contribution is 8.14. The number of carboxylic acids is 1. The van der Waals surface area contributed by atoms with Crippen molar-refractivity contribution in [3.63, 3.8) is 0 Å². The van der Waals surface area contributed by atoms with E-state index in [0.717, 1.165) is 6.42 Å². The normalized spacial score (nSPS) is 25.8. The number of hydrogen-bond donors (Lipinski definition) is 3. The molecular formula is C15H21ClN6O4S2. The second kappa shape index (κ2) is 9.68. The molecule has 0 saturated carbocycles. The molecule has 10 nitrogen and oxygen atoms in total. The van der Waals surface area contributed by atoms with Gasteiger partial charge in [-0.2, -0.15) is 0 Å². The lowest BCUT2D eigenvalue weighted by Crippen LogP contribution is -3.17. The van der Waals surface area contributed by atoms with Crippen LogP contribution in [0.2, 0.25) is 0 Å². The summed E-state index contributed by atoms with van der Waals surface area (Å²) in [4.78, 5) is 25.3. The zero-order chi connectivity index (χ0) is 19.6. The largest absolute Gasteiger partial charge is 1.00 e. The molecule has 3 aliphatic rings. The van der Waals surface area contributed by atoms with Crippen molar-refractivity contribution in [1.82, 2.24) is 15.4 Å². The Morgan fingerprint density at radius 1 is 1.64 bits per heavy atom. The summed E-state index contributed by atoms with van der Waals surface area (Å²) < 4.78 is 5.15. The smallest absolute Gasteiger partial charge is 0.352 e. The minimum Gasteiger partial charge on any atom is -1.00 e. The van der Waals surface area contributed by atoms with Crippen molar-refractivity contribution in [2.45, 2.75) is 24.8 Å². The average Bonchev–Trinajstić information content (AvgIpc) is 2.99. The number of hydrazone groups is 1. The highest BCUT2D eigenvalue weighted by Gasteiger charge is 2.54. The molecule has 1 unspecified atom stereocenters. The fourth-order valence-corrected chi connectivity index (χ4v) is 5.19. The Kier molecular flexibility index (Phi) is 7.81. The van der Waals surface area contributed by atoms with E-state index in [1.807, 2.05) is 20.0 Å². The molecule has 13 heteroatoms. The summed E-state index contributed by atoms with van der Waals surface area (Å²) in [7, 11) is 3.28. The van der Waals surface area contributed by atoms with E-state index in [9.17, 15) is 14.7 Å². The number of carbonyl (C=O) groups excluding carboxylic acids is 1. The SMILES string of the molecule is CCC=C=N[NH+]1NN=C(SCC2=C(C(=O)O)N3C(=O)[C@@H](OC)[C@@H]3SC2)N1C.[Cl-]. The van der Waals surface area contributed by atoms with Crippen LogP contribution in [0.15, 0.2) is 27.5 Å². The Hall–Kier alpha value is -1.69. The summed E-state index contributed by atoms with van der Waals surface area (Å²) in [6, 6.07) is 0. The van der Waals surface area contributed by atoms with Crippen molar-refractivity contribution in [2.75, 3.05) is 25.7 Å². The fourth-order valence-electron chi connectivity index (χ4n) is 2.76. The lowest BCUT2D eigenvalue weighted by Gasteiger charge is -2.48. The van der Waals surface area contributed by atoms with Gasteiger partial charge in [-0.1, -0.05) is 29.3 Å². The Morgan fingerprint density at radius 3 is 3.04 bits per heavy atom. The molecule has 1 amide bonds. The Morgan fingerprint density at radius 2 is 2.39 bits per heavy atom. The first-order valence-electron chi connectivity index (χ1n) is 8.27. The van der Waals surface area contributed by atoms with Crippen LogP contribution in [0.3, 0.4) is 0 Å². The van der Waals surface area contributed by atoms with Gasteiger partial charge in [-0.05, 0) is 18.1 Å². The zero-order valence-electron chi connectivity index (χ0n) is 15.5. The molecule has 154 valence electrons. The maximum absolute atomic E-state index is 12.2. The number of fused-ring (bicyclic) bond motifs is 1. The van der Waals surface area contributed by atoms with Crippen molar-refractivity contribution >= 4 is 46.4 Å². The first kappa shape index (κ1) is 22.6. The van der Waals surface area contributed by atoms with E-state index in [0.29, 0.717) is 27.5 Å². The van der Waals surface area contributed by atoms with Gasteiger partial charge in [-0.25, -0.2) is 4.79 Å².